The molecule has 1 aromatic heterocycles. The fourth-order valence-corrected chi connectivity index (χ4v) is 4.34. The predicted octanol–water partition coefficient (Wildman–Crippen LogP) is 5.67. The molecule has 0 bridgehead atoms. The zero-order chi connectivity index (χ0) is 25.3. The fraction of sp³-hybridized carbons (Fsp3) is 0.276. The Morgan fingerprint density at radius 2 is 1.80 bits per heavy atom. The van der Waals surface area contributed by atoms with E-state index < -0.39 is 17.7 Å². The molecule has 1 amide bonds. The van der Waals surface area contributed by atoms with Crippen LogP contribution in [0, 0.1) is 26.7 Å². The van der Waals surface area contributed by atoms with Crippen LogP contribution < -0.4 is 9.64 Å². The van der Waals surface area contributed by atoms with Gasteiger partial charge in [-0.3, -0.25) is 19.5 Å². The van der Waals surface area contributed by atoms with Crippen LogP contribution in [0.5, 0.6) is 5.75 Å². The van der Waals surface area contributed by atoms with Crippen LogP contribution in [0.4, 0.5) is 5.69 Å². The highest BCUT2D eigenvalue weighted by atomic mass is 16.5. The number of benzene rings is 2. The van der Waals surface area contributed by atoms with Crippen LogP contribution in [0.15, 0.2) is 66.4 Å². The van der Waals surface area contributed by atoms with Crippen molar-refractivity contribution in [2.45, 2.75) is 40.7 Å². The second kappa shape index (κ2) is 9.74. The Bertz CT molecular complexity index is 1310. The lowest BCUT2D eigenvalue weighted by Gasteiger charge is -2.26. The van der Waals surface area contributed by atoms with Gasteiger partial charge < -0.3 is 9.84 Å². The lowest BCUT2D eigenvalue weighted by Crippen LogP contribution is -2.30. The van der Waals surface area contributed by atoms with Gasteiger partial charge in [-0.15, -0.1) is 0 Å². The van der Waals surface area contributed by atoms with Crippen molar-refractivity contribution in [3.8, 4) is 5.75 Å². The van der Waals surface area contributed by atoms with Crippen LogP contribution in [-0.2, 0) is 9.59 Å². The molecule has 1 aliphatic rings. The van der Waals surface area contributed by atoms with Gasteiger partial charge in [-0.2, -0.15) is 0 Å². The minimum atomic E-state index is -0.852. The molecule has 4 rings (SSSR count). The molecule has 1 fully saturated rings. The quantitative estimate of drug-likeness (QED) is 0.285. The maximum Gasteiger partial charge on any atom is 0.300 e. The molecule has 1 saturated heterocycles. The van der Waals surface area contributed by atoms with Crippen molar-refractivity contribution >= 4 is 23.1 Å². The summed E-state index contributed by atoms with van der Waals surface area (Å²) in [4.78, 5) is 32.5. The van der Waals surface area contributed by atoms with E-state index in [9.17, 15) is 14.7 Å². The summed E-state index contributed by atoms with van der Waals surface area (Å²) in [6, 6.07) is 15.4. The number of carbonyl (C=O) groups excluding carboxylic acids is 2. The molecule has 0 spiro atoms. The van der Waals surface area contributed by atoms with Gasteiger partial charge in [-0.25, -0.2) is 0 Å². The highest BCUT2D eigenvalue weighted by molar-refractivity contribution is 6.51. The number of aromatic nitrogens is 1. The molecule has 2 heterocycles. The summed E-state index contributed by atoms with van der Waals surface area (Å²) in [6.07, 6.45) is 1.61. The van der Waals surface area contributed by atoms with Crippen LogP contribution in [0.3, 0.4) is 0 Å². The molecule has 1 atom stereocenters. The van der Waals surface area contributed by atoms with Crippen molar-refractivity contribution in [2.75, 3.05) is 11.5 Å². The number of aliphatic hydroxyl groups is 1. The lowest BCUT2D eigenvalue weighted by molar-refractivity contribution is -0.132. The summed E-state index contributed by atoms with van der Waals surface area (Å²) in [5.41, 5.74) is 4.31. The number of hydrogen-bond acceptors (Lipinski definition) is 5. The number of rotatable bonds is 6. The van der Waals surface area contributed by atoms with Crippen molar-refractivity contribution < 1.29 is 19.4 Å². The summed E-state index contributed by atoms with van der Waals surface area (Å²) in [5, 5.41) is 11.4. The largest absolute Gasteiger partial charge is 0.507 e. The van der Waals surface area contributed by atoms with Crippen LogP contribution in [-0.4, -0.2) is 28.4 Å². The Kier molecular flexibility index (Phi) is 6.74. The molecule has 1 unspecified atom stereocenters. The van der Waals surface area contributed by atoms with E-state index in [1.807, 2.05) is 39.0 Å². The molecular formula is C29H30N2O4. The van der Waals surface area contributed by atoms with E-state index >= 15 is 0 Å². The number of nitrogens with zero attached hydrogens (tertiary/aromatic N) is 2. The first-order chi connectivity index (χ1) is 16.7. The Hall–Kier alpha value is -3.93. The van der Waals surface area contributed by atoms with Crippen molar-refractivity contribution in [1.29, 1.82) is 0 Å². The van der Waals surface area contributed by atoms with Crippen LogP contribution in [0.25, 0.3) is 5.76 Å². The Balaban J connectivity index is 1.85. The van der Waals surface area contributed by atoms with Gasteiger partial charge in [-0.1, -0.05) is 37.6 Å². The summed E-state index contributed by atoms with van der Waals surface area (Å²) in [5.74, 6) is -0.572. The van der Waals surface area contributed by atoms with Gasteiger partial charge in [0.05, 0.1) is 17.9 Å². The summed E-state index contributed by atoms with van der Waals surface area (Å²) >= 11 is 0. The van der Waals surface area contributed by atoms with E-state index in [-0.39, 0.29) is 11.3 Å². The predicted molar refractivity (Wildman–Crippen MR) is 136 cm³/mol. The standard InChI is InChI=1S/C29H30N2O4/c1-17(2)16-35-24-12-10-21(15-20(24)5)27(32)25-26(22-8-6-7-13-30-22)31(29(34)28(25)33)23-11-9-18(3)14-19(23)4/h6-15,17,26,32H,16H2,1-5H3/b27-25+. The van der Waals surface area contributed by atoms with Gasteiger partial charge in [0, 0.05) is 17.4 Å². The Labute approximate surface area is 205 Å². The number of carbonyl (C=O) groups is 2. The smallest absolute Gasteiger partial charge is 0.300 e. The average molecular weight is 471 g/mol. The monoisotopic (exact) mass is 470 g/mol. The first kappa shape index (κ1) is 24.2. The lowest BCUT2D eigenvalue weighted by atomic mass is 9.97. The molecular weight excluding hydrogens is 440 g/mol. The number of ether oxygens (including phenoxy) is 1. The summed E-state index contributed by atoms with van der Waals surface area (Å²) < 4.78 is 5.85. The van der Waals surface area contributed by atoms with Crippen molar-refractivity contribution in [3.05, 3.63) is 94.3 Å². The third-order valence-corrected chi connectivity index (χ3v) is 6.04. The molecule has 6 heteroatoms. The number of ketones is 1. The van der Waals surface area contributed by atoms with Gasteiger partial charge in [0.1, 0.15) is 17.6 Å². The fourth-order valence-electron chi connectivity index (χ4n) is 4.34. The van der Waals surface area contributed by atoms with E-state index in [0.29, 0.717) is 35.2 Å². The highest BCUT2D eigenvalue weighted by Crippen LogP contribution is 2.42. The normalized spacial score (nSPS) is 17.3. The number of hydrogen-bond donors (Lipinski definition) is 1. The third kappa shape index (κ3) is 4.69. The van der Waals surface area contributed by atoms with Crippen LogP contribution in [0.1, 0.15) is 47.8 Å². The summed E-state index contributed by atoms with van der Waals surface area (Å²) in [6.45, 7) is 10.5. The molecule has 0 saturated carbocycles. The van der Waals surface area contributed by atoms with Gasteiger partial charge in [0.2, 0.25) is 0 Å². The van der Waals surface area contributed by atoms with E-state index in [2.05, 4.69) is 18.8 Å². The number of amides is 1. The average Bonchev–Trinajstić information content (AvgIpc) is 3.08. The Morgan fingerprint density at radius 3 is 2.43 bits per heavy atom. The molecule has 2 aromatic carbocycles. The van der Waals surface area contributed by atoms with Gasteiger partial charge in [0.25, 0.3) is 11.7 Å². The number of Topliss-reactive ketones (excluding diaryl/α,β-unsaturated/α-hetero) is 1. The zero-order valence-corrected chi connectivity index (χ0v) is 20.7. The van der Waals surface area contributed by atoms with E-state index in [1.54, 1.807) is 42.6 Å². The number of anilines is 1. The van der Waals surface area contributed by atoms with Crippen molar-refractivity contribution in [3.63, 3.8) is 0 Å². The number of aliphatic hydroxyl groups excluding tert-OH is 1. The van der Waals surface area contributed by atoms with E-state index in [0.717, 1.165) is 16.7 Å². The van der Waals surface area contributed by atoms with Crippen molar-refractivity contribution in [2.24, 2.45) is 5.92 Å². The molecule has 35 heavy (non-hydrogen) atoms. The topological polar surface area (TPSA) is 79.7 Å². The van der Waals surface area contributed by atoms with Gasteiger partial charge >= 0.3 is 0 Å². The molecule has 1 N–H and O–H groups in total. The Morgan fingerprint density at radius 1 is 1.03 bits per heavy atom. The van der Waals surface area contributed by atoms with Gasteiger partial charge in [-0.05, 0) is 74.2 Å². The minimum Gasteiger partial charge on any atom is -0.507 e. The molecule has 3 aromatic rings. The summed E-state index contributed by atoms with van der Waals surface area (Å²) in [7, 11) is 0. The second-order valence-electron chi connectivity index (χ2n) is 9.40. The van der Waals surface area contributed by atoms with E-state index in [1.165, 1.54) is 4.90 Å². The highest BCUT2D eigenvalue weighted by Gasteiger charge is 2.48. The molecule has 0 radical (unpaired) electrons. The number of pyridine rings is 1. The maximum absolute atomic E-state index is 13.3. The zero-order valence-electron chi connectivity index (χ0n) is 20.7. The third-order valence-electron chi connectivity index (χ3n) is 6.04. The number of aryl methyl sites for hydroxylation is 3. The van der Waals surface area contributed by atoms with Crippen LogP contribution in [0.2, 0.25) is 0 Å². The minimum absolute atomic E-state index is 0.0175. The SMILES string of the molecule is Cc1ccc(N2C(=O)C(=O)/C(=C(/O)c3ccc(OCC(C)C)c(C)c3)C2c2ccccn2)c(C)c1. The van der Waals surface area contributed by atoms with Crippen LogP contribution >= 0.6 is 0 Å². The first-order valence-electron chi connectivity index (χ1n) is 11.7. The van der Waals surface area contributed by atoms with Gasteiger partial charge in [0.15, 0.2) is 0 Å². The van der Waals surface area contributed by atoms with E-state index in [4.69, 9.17) is 4.74 Å². The molecule has 1 aliphatic heterocycles. The molecule has 0 aliphatic carbocycles. The second-order valence-corrected chi connectivity index (χ2v) is 9.40. The maximum atomic E-state index is 13.3. The first-order valence-corrected chi connectivity index (χ1v) is 11.7. The molecule has 6 nitrogen and oxygen atoms in total. The van der Waals surface area contributed by atoms with Crippen molar-refractivity contribution in [1.82, 2.24) is 4.98 Å². The molecule has 180 valence electrons.